The Hall–Kier alpha value is 0.0649. The lowest BCUT2D eigenvalue weighted by Crippen LogP contribution is -2.10. The van der Waals surface area contributed by atoms with Crippen LogP contribution in [0.5, 0.6) is 0 Å². The van der Waals surface area contributed by atoms with Crippen LogP contribution < -0.4 is 0 Å². The first-order valence-electron chi connectivity index (χ1n) is 3.93. The van der Waals surface area contributed by atoms with Crippen molar-refractivity contribution in [3.05, 3.63) is 0 Å². The molecule has 0 N–H and O–H groups in total. The van der Waals surface area contributed by atoms with E-state index in [4.69, 9.17) is 0 Å². The highest BCUT2D eigenvalue weighted by molar-refractivity contribution is 6.33. The zero-order chi connectivity index (χ0) is 5.82. The fourth-order valence-corrected chi connectivity index (χ4v) is 1.27. The van der Waals surface area contributed by atoms with E-state index in [0.29, 0.717) is 0 Å². The monoisotopic (exact) mass is 110 g/mol. The van der Waals surface area contributed by atoms with Crippen LogP contribution in [-0.4, -0.2) is 7.28 Å². The molecule has 0 aromatic heterocycles. The predicted octanol–water partition coefficient (Wildman–Crippen LogP) is 2.08. The second-order valence-corrected chi connectivity index (χ2v) is 2.94. The summed E-state index contributed by atoms with van der Waals surface area (Å²) in [6.45, 7) is 2.28. The minimum absolute atomic E-state index is 1.13. The number of hydrogen-bond acceptors (Lipinski definition) is 0. The summed E-state index contributed by atoms with van der Waals surface area (Å²) in [5, 5.41) is 0. The van der Waals surface area contributed by atoms with Crippen LogP contribution in [0.2, 0.25) is 13.1 Å². The Bertz CT molecular complexity index is 57.4. The van der Waals surface area contributed by atoms with Gasteiger partial charge in [-0.1, -0.05) is 38.8 Å². The van der Waals surface area contributed by atoms with E-state index in [1.54, 1.807) is 0 Å². The summed E-state index contributed by atoms with van der Waals surface area (Å²) in [7, 11) is 1.39. The molecule has 0 aromatic carbocycles. The molecular weight excluding hydrogens is 94.9 g/mol. The first kappa shape index (κ1) is 6.19. The Morgan fingerprint density at radius 1 is 1.50 bits per heavy atom. The average molecular weight is 110 g/mol. The highest BCUT2D eigenvalue weighted by Gasteiger charge is 2.15. The minimum atomic E-state index is 1.13. The second kappa shape index (κ2) is 3.16. The zero-order valence-electron chi connectivity index (χ0n) is 5.82. The lowest BCUT2D eigenvalue weighted by atomic mass is 9.71. The maximum absolute atomic E-state index is 2.28. The SMILES string of the molecule is CBCCC1CCC1. The van der Waals surface area contributed by atoms with Crippen LogP contribution in [0.15, 0.2) is 0 Å². The standard InChI is InChI=1S/C7H15B/c1-8-6-5-7-3-2-4-7/h7-8H,2-6H2,1H3. The van der Waals surface area contributed by atoms with Gasteiger partial charge in [-0.15, -0.1) is 0 Å². The van der Waals surface area contributed by atoms with Gasteiger partial charge in [-0.05, 0) is 5.92 Å². The Kier molecular flexibility index (Phi) is 2.45. The Labute approximate surface area is 52.9 Å². The van der Waals surface area contributed by atoms with Gasteiger partial charge in [0.2, 0.25) is 0 Å². The molecule has 1 rings (SSSR count). The van der Waals surface area contributed by atoms with Crippen LogP contribution in [0.4, 0.5) is 0 Å². The quantitative estimate of drug-likeness (QED) is 0.488. The molecule has 1 saturated carbocycles. The number of rotatable bonds is 3. The molecule has 8 heavy (non-hydrogen) atoms. The minimum Gasteiger partial charge on any atom is -0.0893 e. The molecule has 0 aliphatic heterocycles. The third kappa shape index (κ3) is 1.54. The molecule has 0 radical (unpaired) electrons. The molecular formula is C7H15B. The smallest absolute Gasteiger partial charge is 0.0893 e. The van der Waals surface area contributed by atoms with Gasteiger partial charge in [0.25, 0.3) is 0 Å². The van der Waals surface area contributed by atoms with Crippen LogP contribution in [0.1, 0.15) is 25.7 Å². The van der Waals surface area contributed by atoms with Crippen LogP contribution in [0, 0.1) is 5.92 Å². The van der Waals surface area contributed by atoms with Crippen LogP contribution in [0.3, 0.4) is 0 Å². The van der Waals surface area contributed by atoms with Crippen LogP contribution in [0.25, 0.3) is 0 Å². The Morgan fingerprint density at radius 3 is 2.62 bits per heavy atom. The highest BCUT2D eigenvalue weighted by Crippen LogP contribution is 2.30. The lowest BCUT2D eigenvalue weighted by Gasteiger charge is -2.24. The van der Waals surface area contributed by atoms with Crippen molar-refractivity contribution in [3.8, 4) is 0 Å². The van der Waals surface area contributed by atoms with Crippen molar-refractivity contribution in [2.75, 3.05) is 0 Å². The third-order valence-electron chi connectivity index (χ3n) is 2.19. The van der Waals surface area contributed by atoms with Crippen LogP contribution >= 0.6 is 0 Å². The maximum Gasteiger partial charge on any atom is 0.117 e. The molecule has 0 saturated heterocycles. The summed E-state index contributed by atoms with van der Waals surface area (Å²) < 4.78 is 0. The van der Waals surface area contributed by atoms with Crippen LogP contribution in [-0.2, 0) is 0 Å². The van der Waals surface area contributed by atoms with E-state index in [1.165, 1.54) is 39.3 Å². The fraction of sp³-hybridized carbons (Fsp3) is 1.00. The van der Waals surface area contributed by atoms with Gasteiger partial charge in [0, 0.05) is 0 Å². The Balaban J connectivity index is 1.86. The van der Waals surface area contributed by atoms with E-state index in [9.17, 15) is 0 Å². The Morgan fingerprint density at radius 2 is 2.25 bits per heavy atom. The van der Waals surface area contributed by atoms with Gasteiger partial charge in [-0.3, -0.25) is 0 Å². The van der Waals surface area contributed by atoms with Gasteiger partial charge in [0.05, 0.1) is 0 Å². The molecule has 1 aliphatic rings. The fourth-order valence-electron chi connectivity index (χ4n) is 1.27. The first-order chi connectivity index (χ1) is 3.93. The molecule has 0 bridgehead atoms. The van der Waals surface area contributed by atoms with Gasteiger partial charge in [0.15, 0.2) is 0 Å². The first-order valence-corrected chi connectivity index (χ1v) is 3.93. The van der Waals surface area contributed by atoms with Gasteiger partial charge in [-0.25, -0.2) is 0 Å². The van der Waals surface area contributed by atoms with E-state index in [2.05, 4.69) is 6.82 Å². The summed E-state index contributed by atoms with van der Waals surface area (Å²) in [6.07, 6.45) is 7.54. The predicted molar refractivity (Wildman–Crippen MR) is 39.8 cm³/mol. The van der Waals surface area contributed by atoms with Gasteiger partial charge in [0.1, 0.15) is 7.28 Å². The summed E-state index contributed by atoms with van der Waals surface area (Å²) in [6, 6.07) is 0. The molecule has 0 amide bonds. The molecule has 0 spiro atoms. The molecule has 46 valence electrons. The van der Waals surface area contributed by atoms with Crippen molar-refractivity contribution >= 4 is 7.28 Å². The topological polar surface area (TPSA) is 0 Å². The van der Waals surface area contributed by atoms with Gasteiger partial charge in [-0.2, -0.15) is 0 Å². The molecule has 1 heteroatoms. The maximum atomic E-state index is 2.28. The van der Waals surface area contributed by atoms with Gasteiger partial charge < -0.3 is 0 Å². The molecule has 0 aromatic rings. The highest BCUT2D eigenvalue weighted by atomic mass is 14.2. The molecule has 0 unspecified atom stereocenters. The summed E-state index contributed by atoms with van der Waals surface area (Å²) >= 11 is 0. The van der Waals surface area contributed by atoms with E-state index in [0.717, 1.165) is 5.92 Å². The second-order valence-electron chi connectivity index (χ2n) is 2.94. The normalized spacial score (nSPS) is 20.1. The van der Waals surface area contributed by atoms with Gasteiger partial charge >= 0.3 is 0 Å². The summed E-state index contributed by atoms with van der Waals surface area (Å²) in [5.41, 5.74) is 0. The van der Waals surface area contributed by atoms with Crippen molar-refractivity contribution in [1.82, 2.24) is 0 Å². The molecule has 1 fully saturated rings. The van der Waals surface area contributed by atoms with Crippen molar-refractivity contribution in [2.24, 2.45) is 5.92 Å². The number of hydrogen-bond donors (Lipinski definition) is 0. The molecule has 0 atom stereocenters. The van der Waals surface area contributed by atoms with E-state index < -0.39 is 0 Å². The summed E-state index contributed by atoms with van der Waals surface area (Å²) in [4.78, 5) is 0. The summed E-state index contributed by atoms with van der Waals surface area (Å²) in [5.74, 6) is 1.13. The van der Waals surface area contributed by atoms with Crippen molar-refractivity contribution in [1.29, 1.82) is 0 Å². The average Bonchev–Trinajstić information content (AvgIpc) is 1.63. The third-order valence-corrected chi connectivity index (χ3v) is 2.19. The van der Waals surface area contributed by atoms with E-state index in [1.807, 2.05) is 0 Å². The van der Waals surface area contributed by atoms with E-state index in [-0.39, 0.29) is 0 Å². The largest absolute Gasteiger partial charge is 0.117 e. The van der Waals surface area contributed by atoms with Crippen molar-refractivity contribution < 1.29 is 0 Å². The lowest BCUT2D eigenvalue weighted by molar-refractivity contribution is 0.307. The van der Waals surface area contributed by atoms with E-state index >= 15 is 0 Å². The van der Waals surface area contributed by atoms with Crippen molar-refractivity contribution in [2.45, 2.75) is 38.8 Å². The molecule has 0 nitrogen and oxygen atoms in total. The van der Waals surface area contributed by atoms with Crippen molar-refractivity contribution in [3.63, 3.8) is 0 Å². The molecule has 0 heterocycles. The molecule has 1 aliphatic carbocycles. The zero-order valence-corrected chi connectivity index (χ0v) is 5.82.